The number of nitrogens with zero attached hydrogens (tertiary/aromatic N) is 4. The summed E-state index contributed by atoms with van der Waals surface area (Å²) in [6, 6.07) is 23.5. The topological polar surface area (TPSA) is 364 Å². The third-order valence-electron chi connectivity index (χ3n) is 16.6. The number of nitrogens with two attached hydrogens (primary N) is 2. The highest BCUT2D eigenvalue weighted by Crippen LogP contribution is 2.51. The number of urea groups is 1. The number of unbranched alkanes of at least 4 members (excludes halogenated alkanes) is 1. The van der Waals surface area contributed by atoms with Gasteiger partial charge in [-0.3, -0.25) is 38.6 Å². The van der Waals surface area contributed by atoms with Crippen LogP contribution in [0.5, 0.6) is 11.5 Å². The number of benzene rings is 5. The molecule has 5 atom stereocenters. The van der Waals surface area contributed by atoms with Crippen LogP contribution in [0.25, 0.3) is 21.5 Å². The zero-order chi connectivity index (χ0) is 68.1. The average Bonchev–Trinajstić information content (AvgIpc) is 1.56. The summed E-state index contributed by atoms with van der Waals surface area (Å²) < 4.78 is 28.9. The van der Waals surface area contributed by atoms with Gasteiger partial charge in [0, 0.05) is 94.2 Å². The first-order valence-electron chi connectivity index (χ1n) is 31.2. The minimum Gasteiger partial charge on any atom is -0.445 e. The predicted octanol–water partition coefficient (Wildman–Crippen LogP) is 8.18. The Bertz CT molecular complexity index is 3860. The van der Waals surface area contributed by atoms with Gasteiger partial charge in [-0.2, -0.15) is 0 Å². The molecule has 0 spiro atoms. The van der Waals surface area contributed by atoms with Crippen molar-refractivity contribution in [3.63, 3.8) is 0 Å². The number of phosphoric acid groups is 1. The fourth-order valence-electron chi connectivity index (χ4n) is 11.7. The van der Waals surface area contributed by atoms with Crippen molar-refractivity contribution in [2.45, 2.75) is 116 Å². The molecule has 502 valence electrons. The van der Waals surface area contributed by atoms with Crippen molar-refractivity contribution in [1.29, 1.82) is 0 Å². The molecule has 11 N–H and O–H groups in total. The maximum Gasteiger partial charge on any atom is 0.524 e. The van der Waals surface area contributed by atoms with Gasteiger partial charge in [0.1, 0.15) is 36.2 Å². The molecule has 2 aliphatic heterocycles. The van der Waals surface area contributed by atoms with Crippen LogP contribution in [-0.2, 0) is 35.1 Å². The summed E-state index contributed by atoms with van der Waals surface area (Å²) in [6.07, 6.45) is 1.77. The summed E-state index contributed by atoms with van der Waals surface area (Å²) in [5.74, 6) is -3.39. The highest BCUT2D eigenvalue weighted by molar-refractivity contribution is 7.46. The Morgan fingerprint density at radius 2 is 1.19 bits per heavy atom. The maximum atomic E-state index is 14.7. The first-order valence-corrected chi connectivity index (χ1v) is 33.6. The van der Waals surface area contributed by atoms with E-state index in [1.54, 1.807) is 78.2 Å². The Morgan fingerprint density at radius 1 is 0.670 bits per heavy atom. The monoisotopic (exact) mass is 1330 g/mol. The van der Waals surface area contributed by atoms with Gasteiger partial charge < -0.3 is 71.6 Å². The van der Waals surface area contributed by atoms with Gasteiger partial charge in [0.25, 0.3) is 11.8 Å². The normalized spacial score (nSPS) is 15.1. The van der Waals surface area contributed by atoms with E-state index >= 15 is 0 Å². The van der Waals surface area contributed by atoms with Gasteiger partial charge in [0.2, 0.25) is 23.6 Å². The Labute approximate surface area is 548 Å². The maximum absolute atomic E-state index is 14.7. The van der Waals surface area contributed by atoms with Crippen LogP contribution >= 0.6 is 19.2 Å². The van der Waals surface area contributed by atoms with Crippen LogP contribution < -0.4 is 57.1 Å². The molecule has 0 saturated heterocycles. The quantitative estimate of drug-likeness (QED) is 0.0165. The number of amides is 10. The molecular formula is C66H82N11O15PS. The zero-order valence-corrected chi connectivity index (χ0v) is 55.3. The number of hydrogen-bond donors (Lipinski definition) is 9. The summed E-state index contributed by atoms with van der Waals surface area (Å²) in [4.78, 5) is 147. The predicted molar refractivity (Wildman–Crippen MR) is 357 cm³/mol. The SMILES string of the molecule is CC[C@@H]1CN(C(=O)c2ccc(C(=O)N3C[C@@H](CC)c4c3cc(OP(=O)(O)O)c3ccccc43)s2)c2cc(OC(=O)N(C)CCN(C)C(=O)OCc3ccc(NC(=O)[C@H](CCCNC(N)=O)NC(=O)[C@@H](NC(=O)[C@H](CCCCN)NC(C)=O)C(C)C)cc3)c3ccccc3c21. The summed E-state index contributed by atoms with van der Waals surface area (Å²) in [7, 11) is -1.94. The second kappa shape index (κ2) is 31.7. The van der Waals surface area contributed by atoms with Crippen LogP contribution in [0.3, 0.4) is 0 Å². The van der Waals surface area contributed by atoms with E-state index in [0.29, 0.717) is 95.4 Å². The van der Waals surface area contributed by atoms with Crippen molar-refractivity contribution in [2.24, 2.45) is 17.4 Å². The number of likely N-dealkylation sites (N-methyl/N-ethyl adjacent to an activating group) is 2. The Balaban J connectivity index is 0.872. The van der Waals surface area contributed by atoms with Gasteiger partial charge in [-0.1, -0.05) is 88.4 Å². The first kappa shape index (κ1) is 70.7. The van der Waals surface area contributed by atoms with Crippen LogP contribution in [0.4, 0.5) is 31.4 Å². The molecule has 94 heavy (non-hydrogen) atoms. The molecule has 0 aliphatic carbocycles. The van der Waals surface area contributed by atoms with E-state index < -0.39 is 73.7 Å². The smallest absolute Gasteiger partial charge is 0.445 e. The van der Waals surface area contributed by atoms with Crippen molar-refractivity contribution in [3.05, 3.63) is 124 Å². The van der Waals surface area contributed by atoms with Crippen LogP contribution in [-0.4, -0.2) is 145 Å². The number of ether oxygens (including phenoxy) is 2. The number of thiophene rings is 1. The number of hydrogen-bond acceptors (Lipinski definition) is 15. The van der Waals surface area contributed by atoms with Crippen molar-refractivity contribution in [3.8, 4) is 11.5 Å². The number of rotatable bonds is 28. The van der Waals surface area contributed by atoms with Crippen LogP contribution in [0.15, 0.2) is 97.1 Å². The molecule has 3 heterocycles. The van der Waals surface area contributed by atoms with E-state index in [0.717, 1.165) is 27.8 Å². The highest BCUT2D eigenvalue weighted by Gasteiger charge is 2.39. The van der Waals surface area contributed by atoms with E-state index in [2.05, 4.69) is 26.6 Å². The van der Waals surface area contributed by atoms with Crippen LogP contribution in [0, 0.1) is 5.92 Å². The highest BCUT2D eigenvalue weighted by atomic mass is 32.1. The van der Waals surface area contributed by atoms with E-state index in [1.165, 1.54) is 36.9 Å². The number of phosphoric ester groups is 1. The Hall–Kier alpha value is -9.14. The van der Waals surface area contributed by atoms with Crippen LogP contribution in [0.1, 0.15) is 127 Å². The minimum atomic E-state index is -4.97. The van der Waals surface area contributed by atoms with Crippen molar-refractivity contribution in [2.75, 3.05) is 68.5 Å². The molecule has 26 nitrogen and oxygen atoms in total. The number of nitrogens with one attached hydrogen (secondary N) is 5. The lowest BCUT2D eigenvalue weighted by atomic mass is 9.93. The van der Waals surface area contributed by atoms with E-state index in [4.69, 9.17) is 25.5 Å². The Kier molecular flexibility index (Phi) is 23.8. The standard InChI is InChI=1S/C66H82N11O15PS/c1-8-41-35-76(62(82)54-27-28-55(94-54)63(83)77-36-42(9-2)57-47-20-13-11-18-45(47)53(34-51(57)77)92-93(87,88)89)50-33-52(44-17-10-12-19-46(44)56(41)50)91-66(86)75(7)32-31-74(6)65(85)90-37-40-23-25-43(26-24-40)71-59(79)49(22-16-30-69-64(68)84)72-61(81)58(38(3)4)73-60(80)48(70-39(5)78)21-14-15-29-67/h10-13,17-20,23-28,33-34,38,41-42,48-49,58H,8-9,14-16,21-22,29-32,35-37,67H2,1-7H3,(H,70,78)(H,71,79)(H,72,81)(H,73,80)(H3,68,69,84)(H2,87,88,89)/t41-,42-,48+,49+,58+/m1/s1. The summed E-state index contributed by atoms with van der Waals surface area (Å²) in [5, 5.41) is 16.0. The Morgan fingerprint density at radius 3 is 1.71 bits per heavy atom. The van der Waals surface area contributed by atoms with E-state index in [9.17, 15) is 57.5 Å². The molecule has 28 heteroatoms. The van der Waals surface area contributed by atoms with Gasteiger partial charge in [-0.05, 0) is 109 Å². The van der Waals surface area contributed by atoms with Gasteiger partial charge >= 0.3 is 26.0 Å². The lowest BCUT2D eigenvalue weighted by Crippen LogP contribution is -2.57. The molecule has 6 aromatic rings. The molecule has 0 saturated carbocycles. The number of carbonyl (C=O) groups excluding carboxylic acids is 9. The molecule has 5 aromatic carbocycles. The lowest BCUT2D eigenvalue weighted by molar-refractivity contribution is -0.133. The molecule has 10 amide bonds. The molecule has 0 fully saturated rings. The van der Waals surface area contributed by atoms with Gasteiger partial charge in [0.05, 0.1) is 21.1 Å². The van der Waals surface area contributed by atoms with Crippen LogP contribution in [0.2, 0.25) is 0 Å². The number of carbonyl (C=O) groups is 9. The molecule has 0 bridgehead atoms. The molecular weight excluding hydrogens is 1250 g/mol. The number of fused-ring (bicyclic) bond motifs is 6. The summed E-state index contributed by atoms with van der Waals surface area (Å²) in [6.45, 7) is 9.85. The average molecular weight is 1330 g/mol. The third kappa shape index (κ3) is 17.4. The molecule has 2 aliphatic rings. The second-order valence-electron chi connectivity index (χ2n) is 23.7. The second-order valence-corrected chi connectivity index (χ2v) is 26.0. The summed E-state index contributed by atoms with van der Waals surface area (Å²) >= 11 is 1.04. The minimum absolute atomic E-state index is 0.0370. The largest absolute Gasteiger partial charge is 0.524 e. The summed E-state index contributed by atoms with van der Waals surface area (Å²) in [5.41, 5.74) is 14.6. The lowest BCUT2D eigenvalue weighted by Gasteiger charge is -2.27. The molecule has 1 aromatic heterocycles. The first-order chi connectivity index (χ1) is 44.8. The third-order valence-corrected chi connectivity index (χ3v) is 18.1. The fourth-order valence-corrected chi connectivity index (χ4v) is 13.0. The van der Waals surface area contributed by atoms with Crippen molar-refractivity contribution >= 4 is 111 Å². The molecule has 0 radical (unpaired) electrons. The van der Waals surface area contributed by atoms with Gasteiger partial charge in [-0.15, -0.1) is 11.3 Å². The fraction of sp³-hybridized carbons (Fsp3) is 0.409. The molecule has 8 rings (SSSR count). The van der Waals surface area contributed by atoms with E-state index in [-0.39, 0.29) is 79.1 Å². The van der Waals surface area contributed by atoms with E-state index in [1.807, 2.05) is 50.2 Å². The zero-order valence-electron chi connectivity index (χ0n) is 53.6. The van der Waals surface area contributed by atoms with Crippen molar-refractivity contribution < 1.29 is 71.5 Å². The van der Waals surface area contributed by atoms with Gasteiger partial charge in [0.15, 0.2) is 0 Å². The number of primary amides is 1. The van der Waals surface area contributed by atoms with Crippen molar-refractivity contribution in [1.82, 2.24) is 31.1 Å². The molecule has 0 unspecified atom stereocenters. The number of anilines is 3. The van der Waals surface area contributed by atoms with Gasteiger partial charge in [-0.25, -0.2) is 18.9 Å².